The van der Waals surface area contributed by atoms with Crippen molar-refractivity contribution < 1.29 is 5.11 Å². The molecule has 4 heteroatoms. The first-order chi connectivity index (χ1) is 9.68. The number of rotatable bonds is 3. The van der Waals surface area contributed by atoms with Crippen LogP contribution in [-0.2, 0) is 0 Å². The van der Waals surface area contributed by atoms with Crippen LogP contribution in [0.1, 0.15) is 32.1 Å². The topological polar surface area (TPSA) is 71.2 Å². The number of fused-ring (bicyclic) bond motifs is 1. The molecule has 4 N–H and O–H groups in total. The van der Waals surface area contributed by atoms with E-state index in [0.717, 1.165) is 47.8 Å². The lowest BCUT2D eigenvalue weighted by Gasteiger charge is -2.32. The Labute approximate surface area is 119 Å². The van der Waals surface area contributed by atoms with Crippen LogP contribution in [0.2, 0.25) is 0 Å². The molecular weight excluding hydrogens is 250 g/mol. The van der Waals surface area contributed by atoms with Crippen molar-refractivity contribution in [2.75, 3.05) is 17.6 Å². The summed E-state index contributed by atoms with van der Waals surface area (Å²) in [6.45, 7) is 0.592. The number of hydrogen-bond acceptors (Lipinski definition) is 4. The molecular formula is C16H21N3O. The summed E-state index contributed by atoms with van der Waals surface area (Å²) >= 11 is 0. The number of pyridine rings is 1. The van der Waals surface area contributed by atoms with Crippen LogP contribution in [0.4, 0.5) is 11.4 Å². The van der Waals surface area contributed by atoms with Crippen molar-refractivity contribution in [2.45, 2.75) is 37.7 Å². The normalized spacial score (nSPS) is 18.1. The first kappa shape index (κ1) is 13.2. The summed E-state index contributed by atoms with van der Waals surface area (Å²) in [5.74, 6) is 0. The molecule has 1 aromatic carbocycles. The molecule has 1 saturated carbocycles. The molecule has 0 bridgehead atoms. The molecule has 1 aliphatic rings. The predicted molar refractivity (Wildman–Crippen MR) is 82.7 cm³/mol. The highest BCUT2D eigenvalue weighted by Crippen LogP contribution is 2.31. The van der Waals surface area contributed by atoms with Gasteiger partial charge in [0.05, 0.1) is 5.60 Å². The standard InChI is InChI=1S/C16H21N3O/c17-14-4-5-15(12-6-9-18-10-13(12)14)19-11-16(20)7-2-1-3-8-16/h4-6,9-10,19-20H,1-3,7-8,11,17H2. The molecule has 4 nitrogen and oxygen atoms in total. The average Bonchev–Trinajstić information content (AvgIpc) is 2.48. The quantitative estimate of drug-likeness (QED) is 0.751. The third kappa shape index (κ3) is 2.56. The molecule has 0 aliphatic heterocycles. The van der Waals surface area contributed by atoms with Gasteiger partial charge in [-0.1, -0.05) is 19.3 Å². The van der Waals surface area contributed by atoms with Gasteiger partial charge in [-0.3, -0.25) is 4.98 Å². The Morgan fingerprint density at radius 3 is 2.75 bits per heavy atom. The van der Waals surface area contributed by atoms with Crippen LogP contribution >= 0.6 is 0 Å². The van der Waals surface area contributed by atoms with Crippen molar-refractivity contribution >= 4 is 22.1 Å². The van der Waals surface area contributed by atoms with E-state index in [1.54, 1.807) is 12.4 Å². The van der Waals surface area contributed by atoms with Crippen molar-refractivity contribution in [3.8, 4) is 0 Å². The minimum absolute atomic E-state index is 0.570. The second kappa shape index (κ2) is 5.29. The number of nitrogens with one attached hydrogen (secondary N) is 1. The molecule has 1 aliphatic carbocycles. The molecule has 1 heterocycles. The van der Waals surface area contributed by atoms with Gasteiger partial charge in [0.25, 0.3) is 0 Å². The maximum Gasteiger partial charge on any atom is 0.0819 e. The van der Waals surface area contributed by atoms with E-state index in [-0.39, 0.29) is 0 Å². The van der Waals surface area contributed by atoms with E-state index < -0.39 is 5.60 Å². The van der Waals surface area contributed by atoms with Gasteiger partial charge in [-0.2, -0.15) is 0 Å². The summed E-state index contributed by atoms with van der Waals surface area (Å²) in [4.78, 5) is 4.12. The van der Waals surface area contributed by atoms with Crippen LogP contribution in [0.25, 0.3) is 10.8 Å². The van der Waals surface area contributed by atoms with Crippen molar-refractivity contribution in [1.29, 1.82) is 0 Å². The van der Waals surface area contributed by atoms with Crippen LogP contribution in [0.5, 0.6) is 0 Å². The number of aliphatic hydroxyl groups is 1. The minimum atomic E-state index is -0.570. The highest BCUT2D eigenvalue weighted by Gasteiger charge is 2.28. The van der Waals surface area contributed by atoms with Gasteiger partial charge in [0.1, 0.15) is 0 Å². The lowest BCUT2D eigenvalue weighted by molar-refractivity contribution is 0.0167. The number of benzene rings is 1. The Kier molecular flexibility index (Phi) is 3.49. The summed E-state index contributed by atoms with van der Waals surface area (Å²) in [5, 5.41) is 16.0. The van der Waals surface area contributed by atoms with E-state index in [0.29, 0.717) is 6.54 Å². The number of nitrogens with two attached hydrogens (primary N) is 1. The van der Waals surface area contributed by atoms with Crippen molar-refractivity contribution in [3.05, 3.63) is 30.6 Å². The van der Waals surface area contributed by atoms with Crippen LogP contribution in [0.15, 0.2) is 30.6 Å². The van der Waals surface area contributed by atoms with Crippen LogP contribution in [-0.4, -0.2) is 22.2 Å². The SMILES string of the molecule is Nc1ccc(NCC2(O)CCCCC2)c2ccncc12. The smallest absolute Gasteiger partial charge is 0.0819 e. The third-order valence-electron chi connectivity index (χ3n) is 4.24. The molecule has 0 unspecified atom stereocenters. The number of aromatic nitrogens is 1. The van der Waals surface area contributed by atoms with Crippen LogP contribution in [0, 0.1) is 0 Å². The van der Waals surface area contributed by atoms with Gasteiger partial charge in [0.15, 0.2) is 0 Å². The monoisotopic (exact) mass is 271 g/mol. The fourth-order valence-electron chi connectivity index (χ4n) is 3.01. The summed E-state index contributed by atoms with van der Waals surface area (Å²) in [6, 6.07) is 5.82. The maximum atomic E-state index is 10.6. The first-order valence-electron chi connectivity index (χ1n) is 7.26. The van der Waals surface area contributed by atoms with Crippen molar-refractivity contribution in [1.82, 2.24) is 4.98 Å². The molecule has 0 radical (unpaired) electrons. The highest BCUT2D eigenvalue weighted by molar-refractivity contribution is 6.00. The maximum absolute atomic E-state index is 10.6. The zero-order valence-corrected chi connectivity index (χ0v) is 11.6. The predicted octanol–water partition coefficient (Wildman–Crippen LogP) is 2.92. The number of hydrogen-bond donors (Lipinski definition) is 3. The Hall–Kier alpha value is -1.81. The summed E-state index contributed by atoms with van der Waals surface area (Å²) < 4.78 is 0. The van der Waals surface area contributed by atoms with Crippen molar-refractivity contribution in [3.63, 3.8) is 0 Å². The van der Waals surface area contributed by atoms with Crippen LogP contribution in [0.3, 0.4) is 0 Å². The lowest BCUT2D eigenvalue weighted by Crippen LogP contribution is -2.38. The molecule has 0 saturated heterocycles. The molecule has 2 aromatic rings. The Morgan fingerprint density at radius 1 is 1.15 bits per heavy atom. The largest absolute Gasteiger partial charge is 0.398 e. The Bertz CT molecular complexity index is 606. The third-order valence-corrected chi connectivity index (χ3v) is 4.24. The second-order valence-corrected chi connectivity index (χ2v) is 5.76. The van der Waals surface area contributed by atoms with Crippen LogP contribution < -0.4 is 11.1 Å². The van der Waals surface area contributed by atoms with E-state index in [2.05, 4.69) is 10.3 Å². The minimum Gasteiger partial charge on any atom is -0.398 e. The van der Waals surface area contributed by atoms with E-state index in [1.165, 1.54) is 6.42 Å². The Morgan fingerprint density at radius 2 is 1.95 bits per heavy atom. The average molecular weight is 271 g/mol. The summed E-state index contributed by atoms with van der Waals surface area (Å²) in [6.07, 6.45) is 8.78. The number of nitrogens with zero attached hydrogens (tertiary/aromatic N) is 1. The van der Waals surface area contributed by atoms with Gasteiger partial charge in [-0.15, -0.1) is 0 Å². The van der Waals surface area contributed by atoms with E-state index in [1.807, 2.05) is 18.2 Å². The van der Waals surface area contributed by atoms with E-state index >= 15 is 0 Å². The zero-order valence-electron chi connectivity index (χ0n) is 11.6. The first-order valence-corrected chi connectivity index (χ1v) is 7.26. The lowest BCUT2D eigenvalue weighted by atomic mass is 9.85. The number of anilines is 2. The second-order valence-electron chi connectivity index (χ2n) is 5.76. The van der Waals surface area contributed by atoms with Gasteiger partial charge < -0.3 is 16.2 Å². The summed E-state index contributed by atoms with van der Waals surface area (Å²) in [5.41, 5.74) is 7.14. The molecule has 20 heavy (non-hydrogen) atoms. The van der Waals surface area contributed by atoms with E-state index in [9.17, 15) is 5.11 Å². The van der Waals surface area contributed by atoms with Gasteiger partial charge >= 0.3 is 0 Å². The molecule has 106 valence electrons. The van der Waals surface area contributed by atoms with Gasteiger partial charge in [-0.05, 0) is 31.0 Å². The van der Waals surface area contributed by atoms with Gasteiger partial charge in [0.2, 0.25) is 0 Å². The molecule has 0 atom stereocenters. The van der Waals surface area contributed by atoms with Crippen molar-refractivity contribution in [2.24, 2.45) is 0 Å². The summed E-state index contributed by atoms with van der Waals surface area (Å²) in [7, 11) is 0. The highest BCUT2D eigenvalue weighted by atomic mass is 16.3. The molecule has 3 rings (SSSR count). The molecule has 1 fully saturated rings. The molecule has 0 spiro atoms. The van der Waals surface area contributed by atoms with E-state index in [4.69, 9.17) is 5.73 Å². The molecule has 0 amide bonds. The Balaban J connectivity index is 1.82. The van der Waals surface area contributed by atoms with Gasteiger partial charge in [-0.25, -0.2) is 0 Å². The fraction of sp³-hybridized carbons (Fsp3) is 0.438. The number of nitrogen functional groups attached to an aromatic ring is 1. The van der Waals surface area contributed by atoms with Gasteiger partial charge in [0, 0.05) is 41.1 Å². The molecule has 1 aromatic heterocycles. The fourth-order valence-corrected chi connectivity index (χ4v) is 3.01. The zero-order chi connectivity index (χ0) is 14.0.